The van der Waals surface area contributed by atoms with Crippen molar-refractivity contribution in [1.29, 1.82) is 0 Å². The van der Waals surface area contributed by atoms with Gasteiger partial charge in [0.1, 0.15) is 0 Å². The zero-order valence-electron chi connectivity index (χ0n) is 55.0. The van der Waals surface area contributed by atoms with Gasteiger partial charge in [0.2, 0.25) is 0 Å². The average molecular weight is 1280 g/mol. The van der Waals surface area contributed by atoms with Gasteiger partial charge in [-0.15, -0.1) is 0 Å². The number of benzene rings is 17. The van der Waals surface area contributed by atoms with Gasteiger partial charge in [0, 0.05) is 67.3 Å². The number of para-hydroxylation sites is 3. The molecule has 4 heteroatoms. The lowest BCUT2D eigenvalue weighted by Gasteiger charge is -2.27. The molecule has 4 nitrogen and oxygen atoms in total. The van der Waals surface area contributed by atoms with Gasteiger partial charge < -0.3 is 19.6 Å². The summed E-state index contributed by atoms with van der Waals surface area (Å²) in [7, 11) is 0. The summed E-state index contributed by atoms with van der Waals surface area (Å²) in [5.41, 5.74) is 24.8. The standard InChI is InChI=1S/C96H68N4/c1-5-21-69(22-6-1)70-41-54-85(55-42-70)97(86-56-43-71(44-57-86)72-45-60-88(61-46-72)98(82-30-7-2-8-31-82)94-38-18-25-76-23-13-15-36-91(76)94)87-58-51-75(52-59-87)78-27-17-28-79(67-78)80-53-66-93-81(68-80)29-20-40-96(93)100(84-34-11-4-12-35-84)90-64-49-74(50-65-90)73-47-62-89(63-48-73)99(83-32-9-3-10-33-83)95-39-19-26-77-24-14-16-37-92(77)95/h1-68H. The molecule has 0 N–H and O–H groups in total. The first-order valence-corrected chi connectivity index (χ1v) is 34.2. The smallest absolute Gasteiger partial charge is 0.0540 e. The van der Waals surface area contributed by atoms with Crippen molar-refractivity contribution in [2.75, 3.05) is 19.6 Å². The summed E-state index contributed by atoms with van der Waals surface area (Å²) in [5.74, 6) is 0. The molecule has 0 amide bonds. The molecule has 0 saturated heterocycles. The number of rotatable bonds is 17. The summed E-state index contributed by atoms with van der Waals surface area (Å²) in [4.78, 5) is 9.44. The van der Waals surface area contributed by atoms with Crippen LogP contribution >= 0.6 is 0 Å². The van der Waals surface area contributed by atoms with Crippen LogP contribution in [-0.2, 0) is 0 Å². The predicted octanol–water partition coefficient (Wildman–Crippen LogP) is 27.4. The second-order valence-corrected chi connectivity index (χ2v) is 25.3. The summed E-state index contributed by atoms with van der Waals surface area (Å²) < 4.78 is 0. The largest absolute Gasteiger partial charge is 0.311 e. The summed E-state index contributed by atoms with van der Waals surface area (Å²) in [6, 6.07) is 149. The van der Waals surface area contributed by atoms with Crippen LogP contribution in [0.15, 0.2) is 413 Å². The van der Waals surface area contributed by atoms with Crippen LogP contribution in [0.2, 0.25) is 0 Å². The molecule has 17 aromatic carbocycles. The molecule has 0 radical (unpaired) electrons. The molecule has 100 heavy (non-hydrogen) atoms. The fraction of sp³-hybridized carbons (Fsp3) is 0. The van der Waals surface area contributed by atoms with Gasteiger partial charge in [-0.2, -0.15) is 0 Å². The van der Waals surface area contributed by atoms with E-state index in [0.29, 0.717) is 0 Å². The van der Waals surface area contributed by atoms with E-state index in [1.165, 1.54) is 43.4 Å². The highest BCUT2D eigenvalue weighted by Crippen LogP contribution is 2.45. The zero-order valence-corrected chi connectivity index (χ0v) is 55.0. The lowest BCUT2D eigenvalue weighted by atomic mass is 9.96. The minimum absolute atomic E-state index is 1.07. The van der Waals surface area contributed by atoms with Crippen LogP contribution in [0, 0.1) is 0 Å². The van der Waals surface area contributed by atoms with E-state index in [2.05, 4.69) is 432 Å². The number of anilines is 12. The maximum absolute atomic E-state index is 2.38. The summed E-state index contributed by atoms with van der Waals surface area (Å²) in [6.07, 6.45) is 0. The van der Waals surface area contributed by atoms with Crippen LogP contribution in [0.4, 0.5) is 68.2 Å². The Bertz CT molecular complexity index is 5660. The fourth-order valence-corrected chi connectivity index (χ4v) is 14.2. The molecular formula is C96H68N4. The van der Waals surface area contributed by atoms with Gasteiger partial charge in [-0.25, -0.2) is 0 Å². The molecule has 0 bridgehead atoms. The number of hydrogen-bond acceptors (Lipinski definition) is 4. The van der Waals surface area contributed by atoms with Gasteiger partial charge in [0.25, 0.3) is 0 Å². The Morgan fingerprint density at radius 1 is 0.120 bits per heavy atom. The van der Waals surface area contributed by atoms with Crippen LogP contribution < -0.4 is 19.6 Å². The van der Waals surface area contributed by atoms with E-state index < -0.39 is 0 Å². The monoisotopic (exact) mass is 1280 g/mol. The van der Waals surface area contributed by atoms with E-state index in [0.717, 1.165) is 113 Å². The molecule has 0 spiro atoms. The first-order chi connectivity index (χ1) is 49.6. The van der Waals surface area contributed by atoms with Crippen LogP contribution in [0.3, 0.4) is 0 Å². The molecule has 0 aliphatic heterocycles. The minimum atomic E-state index is 1.07. The summed E-state index contributed by atoms with van der Waals surface area (Å²) in [6.45, 7) is 0. The molecule has 0 aromatic heterocycles. The summed E-state index contributed by atoms with van der Waals surface area (Å²) >= 11 is 0. The Morgan fingerprint density at radius 3 is 0.710 bits per heavy atom. The van der Waals surface area contributed by atoms with Crippen LogP contribution in [0.25, 0.3) is 88.0 Å². The second kappa shape index (κ2) is 27.1. The van der Waals surface area contributed by atoms with Crippen LogP contribution in [0.5, 0.6) is 0 Å². The maximum Gasteiger partial charge on any atom is 0.0540 e. The predicted molar refractivity (Wildman–Crippen MR) is 425 cm³/mol. The fourth-order valence-electron chi connectivity index (χ4n) is 14.2. The molecule has 0 unspecified atom stereocenters. The quantitative estimate of drug-likeness (QED) is 0.0901. The first kappa shape index (κ1) is 60.4. The molecule has 0 atom stereocenters. The van der Waals surface area contributed by atoms with Crippen molar-refractivity contribution in [3.8, 4) is 55.6 Å². The van der Waals surface area contributed by atoms with Gasteiger partial charge in [-0.1, -0.05) is 273 Å². The topological polar surface area (TPSA) is 13.0 Å². The van der Waals surface area contributed by atoms with Gasteiger partial charge in [-0.3, -0.25) is 0 Å². The minimum Gasteiger partial charge on any atom is -0.311 e. The normalized spacial score (nSPS) is 11.2. The van der Waals surface area contributed by atoms with Crippen molar-refractivity contribution in [3.63, 3.8) is 0 Å². The van der Waals surface area contributed by atoms with Crippen molar-refractivity contribution in [2.45, 2.75) is 0 Å². The van der Waals surface area contributed by atoms with Crippen molar-refractivity contribution in [2.24, 2.45) is 0 Å². The zero-order chi connectivity index (χ0) is 66.6. The molecule has 0 saturated carbocycles. The molecule has 0 heterocycles. The maximum atomic E-state index is 2.38. The van der Waals surface area contributed by atoms with E-state index in [-0.39, 0.29) is 0 Å². The highest BCUT2D eigenvalue weighted by molar-refractivity contribution is 6.03. The van der Waals surface area contributed by atoms with Crippen molar-refractivity contribution < 1.29 is 0 Å². The Kier molecular flexibility index (Phi) is 16.4. The number of hydrogen-bond donors (Lipinski definition) is 0. The van der Waals surface area contributed by atoms with E-state index in [4.69, 9.17) is 0 Å². The molecule has 0 aliphatic rings. The molecule has 472 valence electrons. The van der Waals surface area contributed by atoms with Crippen LogP contribution in [0.1, 0.15) is 0 Å². The third kappa shape index (κ3) is 12.1. The van der Waals surface area contributed by atoms with E-state index in [1.54, 1.807) is 0 Å². The molecule has 17 rings (SSSR count). The van der Waals surface area contributed by atoms with E-state index in [9.17, 15) is 0 Å². The Hall–Kier alpha value is -13.3. The van der Waals surface area contributed by atoms with E-state index in [1.807, 2.05) is 0 Å². The van der Waals surface area contributed by atoms with Crippen molar-refractivity contribution in [3.05, 3.63) is 413 Å². The molecule has 17 aromatic rings. The lowest BCUT2D eigenvalue weighted by Crippen LogP contribution is -2.10. The van der Waals surface area contributed by atoms with E-state index >= 15 is 0 Å². The van der Waals surface area contributed by atoms with Crippen LogP contribution in [-0.4, -0.2) is 0 Å². The number of fused-ring (bicyclic) bond motifs is 3. The van der Waals surface area contributed by atoms with Gasteiger partial charge in [0.05, 0.1) is 17.1 Å². The lowest BCUT2D eigenvalue weighted by molar-refractivity contribution is 1.28. The van der Waals surface area contributed by atoms with Crippen molar-refractivity contribution >= 4 is 101 Å². The average Bonchev–Trinajstić information content (AvgIpc) is 0.792. The highest BCUT2D eigenvalue weighted by Gasteiger charge is 2.21. The molecule has 0 aliphatic carbocycles. The molecular weight excluding hydrogens is 1210 g/mol. The Morgan fingerprint density at radius 2 is 0.340 bits per heavy atom. The second-order valence-electron chi connectivity index (χ2n) is 25.3. The SMILES string of the molecule is c1ccc(-c2ccc(N(c3ccc(-c4ccc(N(c5ccccc5)c5cccc6ccccc56)cc4)cc3)c3ccc(-c4cccc(-c5ccc6c(N(c7ccccc7)c7ccc(-c8ccc(N(c9ccccc9)c9cccc%10ccccc9%10)cc8)cc7)cccc6c5)c4)cc3)cc2)cc1. The van der Waals surface area contributed by atoms with Crippen molar-refractivity contribution in [1.82, 2.24) is 0 Å². The van der Waals surface area contributed by atoms with Gasteiger partial charge in [-0.05, 0) is 211 Å². The third-order valence-corrected chi connectivity index (χ3v) is 19.2. The first-order valence-electron chi connectivity index (χ1n) is 34.2. The Balaban J connectivity index is 0.640. The van der Waals surface area contributed by atoms with Gasteiger partial charge >= 0.3 is 0 Å². The Labute approximate surface area is 584 Å². The number of nitrogens with zero attached hydrogens (tertiary/aromatic N) is 4. The molecule has 0 fully saturated rings. The van der Waals surface area contributed by atoms with Gasteiger partial charge in [0.15, 0.2) is 0 Å². The summed E-state index contributed by atoms with van der Waals surface area (Å²) in [5, 5.41) is 7.18. The highest BCUT2D eigenvalue weighted by atomic mass is 15.2. The third-order valence-electron chi connectivity index (χ3n) is 19.2.